The van der Waals surface area contributed by atoms with Gasteiger partial charge in [0.15, 0.2) is 0 Å². The van der Waals surface area contributed by atoms with Crippen molar-refractivity contribution in [2.45, 2.75) is 51.0 Å². The average Bonchev–Trinajstić information content (AvgIpc) is 2.34. The third kappa shape index (κ3) is 3.33. The zero-order valence-electron chi connectivity index (χ0n) is 10.9. The Labute approximate surface area is 117 Å². The molecule has 1 nitrogen and oxygen atoms in total. The minimum absolute atomic E-state index is 0.105. The molecule has 0 spiro atoms. The van der Waals surface area contributed by atoms with Crippen molar-refractivity contribution in [3.8, 4) is 0 Å². The van der Waals surface area contributed by atoms with Crippen LogP contribution >= 0.6 is 15.9 Å². The molecule has 0 aliphatic heterocycles. The molecule has 1 aliphatic carbocycles. The summed E-state index contributed by atoms with van der Waals surface area (Å²) in [6.07, 6.45) is 6.71. The van der Waals surface area contributed by atoms with E-state index in [1.54, 1.807) is 0 Å². The molecule has 2 N–H and O–H groups in total. The lowest BCUT2D eigenvalue weighted by atomic mass is 9.73. The van der Waals surface area contributed by atoms with Crippen molar-refractivity contribution in [3.05, 3.63) is 34.1 Å². The molecule has 1 aromatic carbocycles. The van der Waals surface area contributed by atoms with Crippen LogP contribution in [0.3, 0.4) is 0 Å². The van der Waals surface area contributed by atoms with E-state index in [0.717, 1.165) is 35.2 Å². The van der Waals surface area contributed by atoms with E-state index in [1.165, 1.54) is 31.4 Å². The largest absolute Gasteiger partial charge is 0.325 e. The van der Waals surface area contributed by atoms with Gasteiger partial charge in [-0.1, -0.05) is 35.3 Å². The van der Waals surface area contributed by atoms with Crippen molar-refractivity contribution in [1.82, 2.24) is 0 Å². The molecule has 18 heavy (non-hydrogen) atoms. The van der Waals surface area contributed by atoms with E-state index in [0.29, 0.717) is 0 Å². The highest BCUT2D eigenvalue weighted by molar-refractivity contribution is 9.10. The van der Waals surface area contributed by atoms with E-state index in [2.05, 4.69) is 22.9 Å². The van der Waals surface area contributed by atoms with Gasteiger partial charge >= 0.3 is 0 Å². The molecule has 0 unspecified atom stereocenters. The summed E-state index contributed by atoms with van der Waals surface area (Å²) in [6, 6.07) is 4.89. The third-order valence-electron chi connectivity index (χ3n) is 4.24. The highest BCUT2D eigenvalue weighted by Gasteiger charge is 2.31. The zero-order chi connectivity index (χ0) is 13.2. The van der Waals surface area contributed by atoms with E-state index in [1.807, 2.05) is 6.07 Å². The standard InChI is InChI=1S/C15H21BrFN/c1-2-11-5-7-15(18,8-6-11)10-12-3-4-13(17)9-14(12)16/h3-4,9,11H,2,5-8,10,18H2,1H3. The number of nitrogens with two attached hydrogens (primary N) is 1. The van der Waals surface area contributed by atoms with Gasteiger partial charge in [0.1, 0.15) is 5.82 Å². The lowest BCUT2D eigenvalue weighted by Gasteiger charge is -2.37. The minimum Gasteiger partial charge on any atom is -0.325 e. The molecule has 1 fully saturated rings. The van der Waals surface area contributed by atoms with Gasteiger partial charge in [-0.3, -0.25) is 0 Å². The lowest BCUT2D eigenvalue weighted by molar-refractivity contribution is 0.228. The van der Waals surface area contributed by atoms with Crippen molar-refractivity contribution in [1.29, 1.82) is 0 Å². The number of benzene rings is 1. The summed E-state index contributed by atoms with van der Waals surface area (Å²) >= 11 is 3.43. The Morgan fingerprint density at radius 1 is 1.39 bits per heavy atom. The van der Waals surface area contributed by atoms with E-state index >= 15 is 0 Å². The first kappa shape index (κ1) is 14.0. The normalized spacial score (nSPS) is 28.3. The van der Waals surface area contributed by atoms with Gasteiger partial charge in [0.05, 0.1) is 0 Å². The predicted molar refractivity (Wildman–Crippen MR) is 77.0 cm³/mol. The van der Waals surface area contributed by atoms with Gasteiger partial charge in [-0.15, -0.1) is 0 Å². The number of halogens is 2. The molecular formula is C15H21BrFN. The maximum atomic E-state index is 13.1. The molecule has 0 heterocycles. The minimum atomic E-state index is -0.202. The molecule has 0 saturated heterocycles. The van der Waals surface area contributed by atoms with Crippen LogP contribution in [-0.4, -0.2) is 5.54 Å². The SMILES string of the molecule is CCC1CCC(N)(Cc2ccc(F)cc2Br)CC1. The Hall–Kier alpha value is -0.410. The van der Waals surface area contributed by atoms with E-state index < -0.39 is 0 Å². The molecule has 0 bridgehead atoms. The van der Waals surface area contributed by atoms with Crippen molar-refractivity contribution >= 4 is 15.9 Å². The fraction of sp³-hybridized carbons (Fsp3) is 0.600. The maximum absolute atomic E-state index is 13.1. The first-order chi connectivity index (χ1) is 8.52. The summed E-state index contributed by atoms with van der Waals surface area (Å²) in [5.41, 5.74) is 7.51. The Balaban J connectivity index is 2.04. The second-order valence-electron chi connectivity index (χ2n) is 5.63. The molecule has 0 atom stereocenters. The van der Waals surface area contributed by atoms with Crippen LogP contribution in [0.2, 0.25) is 0 Å². The highest BCUT2D eigenvalue weighted by Crippen LogP contribution is 2.35. The van der Waals surface area contributed by atoms with Crippen LogP contribution in [0.1, 0.15) is 44.6 Å². The summed E-state index contributed by atoms with van der Waals surface area (Å²) in [4.78, 5) is 0. The summed E-state index contributed by atoms with van der Waals surface area (Å²) in [7, 11) is 0. The molecule has 2 rings (SSSR count). The molecule has 1 aliphatic rings. The van der Waals surface area contributed by atoms with Gasteiger partial charge in [0.25, 0.3) is 0 Å². The maximum Gasteiger partial charge on any atom is 0.124 e. The predicted octanol–water partition coefficient (Wildman–Crippen LogP) is 4.43. The molecule has 1 aromatic rings. The van der Waals surface area contributed by atoms with Gasteiger partial charge in [-0.05, 0) is 55.7 Å². The quantitative estimate of drug-likeness (QED) is 0.877. The van der Waals surface area contributed by atoms with Gasteiger partial charge in [0.2, 0.25) is 0 Å². The van der Waals surface area contributed by atoms with Crippen molar-refractivity contribution in [2.24, 2.45) is 11.7 Å². The summed E-state index contributed by atoms with van der Waals surface area (Å²) in [6.45, 7) is 2.25. The topological polar surface area (TPSA) is 26.0 Å². The van der Waals surface area contributed by atoms with E-state index in [-0.39, 0.29) is 11.4 Å². The molecule has 3 heteroatoms. The highest BCUT2D eigenvalue weighted by atomic mass is 79.9. The second kappa shape index (κ2) is 5.70. The smallest absolute Gasteiger partial charge is 0.124 e. The Morgan fingerprint density at radius 2 is 2.06 bits per heavy atom. The summed E-state index contributed by atoms with van der Waals surface area (Å²) < 4.78 is 13.9. The number of rotatable bonds is 3. The number of hydrogen-bond donors (Lipinski definition) is 1. The molecule has 0 radical (unpaired) electrons. The van der Waals surface area contributed by atoms with Crippen molar-refractivity contribution in [2.75, 3.05) is 0 Å². The van der Waals surface area contributed by atoms with Crippen LogP contribution in [0.5, 0.6) is 0 Å². The van der Waals surface area contributed by atoms with E-state index in [9.17, 15) is 4.39 Å². The Morgan fingerprint density at radius 3 is 2.61 bits per heavy atom. The first-order valence-electron chi connectivity index (χ1n) is 6.75. The van der Waals surface area contributed by atoms with Crippen LogP contribution in [0.4, 0.5) is 4.39 Å². The van der Waals surface area contributed by atoms with Crippen LogP contribution in [0.25, 0.3) is 0 Å². The molecule has 0 aromatic heterocycles. The molecular weight excluding hydrogens is 293 g/mol. The summed E-state index contributed by atoms with van der Waals surface area (Å²) in [5, 5.41) is 0. The van der Waals surface area contributed by atoms with Crippen molar-refractivity contribution < 1.29 is 4.39 Å². The molecule has 0 amide bonds. The van der Waals surface area contributed by atoms with Gasteiger partial charge < -0.3 is 5.73 Å². The second-order valence-corrected chi connectivity index (χ2v) is 6.48. The van der Waals surface area contributed by atoms with Crippen LogP contribution in [0, 0.1) is 11.7 Å². The van der Waals surface area contributed by atoms with Crippen LogP contribution < -0.4 is 5.73 Å². The monoisotopic (exact) mass is 313 g/mol. The average molecular weight is 314 g/mol. The van der Waals surface area contributed by atoms with Gasteiger partial charge in [-0.25, -0.2) is 4.39 Å². The third-order valence-corrected chi connectivity index (χ3v) is 4.97. The van der Waals surface area contributed by atoms with Gasteiger partial charge in [0, 0.05) is 10.0 Å². The van der Waals surface area contributed by atoms with Crippen LogP contribution in [-0.2, 0) is 6.42 Å². The number of hydrogen-bond acceptors (Lipinski definition) is 1. The molecule has 100 valence electrons. The fourth-order valence-corrected chi connectivity index (χ4v) is 3.37. The molecule has 1 saturated carbocycles. The Kier molecular flexibility index (Phi) is 4.44. The summed E-state index contributed by atoms with van der Waals surface area (Å²) in [5.74, 6) is 0.643. The van der Waals surface area contributed by atoms with Gasteiger partial charge in [-0.2, -0.15) is 0 Å². The first-order valence-corrected chi connectivity index (χ1v) is 7.54. The van der Waals surface area contributed by atoms with Crippen LogP contribution in [0.15, 0.2) is 22.7 Å². The fourth-order valence-electron chi connectivity index (χ4n) is 2.88. The zero-order valence-corrected chi connectivity index (χ0v) is 12.5. The Bertz CT molecular complexity index is 411. The van der Waals surface area contributed by atoms with Crippen molar-refractivity contribution in [3.63, 3.8) is 0 Å². The van der Waals surface area contributed by atoms with E-state index in [4.69, 9.17) is 5.73 Å². The lowest BCUT2D eigenvalue weighted by Crippen LogP contribution is -2.45.